The maximum atomic E-state index is 13.5. The van der Waals surface area contributed by atoms with Gasteiger partial charge in [-0.1, -0.05) is 24.3 Å². The van der Waals surface area contributed by atoms with E-state index in [0.29, 0.717) is 28.5 Å². The van der Waals surface area contributed by atoms with Gasteiger partial charge in [-0.25, -0.2) is 18.9 Å². The van der Waals surface area contributed by atoms with E-state index < -0.39 is 5.82 Å². The number of fused-ring (bicyclic) bond motifs is 1. The zero-order valence-electron chi connectivity index (χ0n) is 21.1. The van der Waals surface area contributed by atoms with Crippen LogP contribution in [0.2, 0.25) is 0 Å². The number of piperidine rings is 1. The van der Waals surface area contributed by atoms with Crippen LogP contribution in [0.5, 0.6) is 0 Å². The van der Waals surface area contributed by atoms with Crippen molar-refractivity contribution in [2.24, 2.45) is 0 Å². The van der Waals surface area contributed by atoms with Crippen molar-refractivity contribution in [3.63, 3.8) is 0 Å². The Labute approximate surface area is 224 Å². The molecule has 6 rings (SSSR count). The maximum Gasteiger partial charge on any atom is 0.176 e. The Balaban J connectivity index is 1.37. The van der Waals surface area contributed by atoms with E-state index in [1.807, 2.05) is 18.3 Å². The molecule has 1 saturated heterocycles. The summed E-state index contributed by atoms with van der Waals surface area (Å²) in [7, 11) is 0. The molecule has 10 heteroatoms. The second-order valence-corrected chi connectivity index (χ2v) is 9.61. The molecular formula is C29H26FN9. The summed E-state index contributed by atoms with van der Waals surface area (Å²) in [5.74, 6) is -0.0176. The molecule has 3 N–H and O–H groups in total. The summed E-state index contributed by atoms with van der Waals surface area (Å²) in [5, 5.41) is 16.6. The number of nitrogens with zero attached hydrogens (tertiary/aromatic N) is 7. The van der Waals surface area contributed by atoms with Crippen molar-refractivity contribution in [2.75, 3.05) is 18.8 Å². The van der Waals surface area contributed by atoms with E-state index in [0.717, 1.165) is 49.2 Å². The van der Waals surface area contributed by atoms with Gasteiger partial charge in [-0.3, -0.25) is 9.88 Å². The van der Waals surface area contributed by atoms with Crippen LogP contribution in [0.1, 0.15) is 18.4 Å². The number of hydrogen-bond donors (Lipinski definition) is 2. The van der Waals surface area contributed by atoms with Gasteiger partial charge >= 0.3 is 0 Å². The third kappa shape index (κ3) is 5.00. The molecule has 0 aliphatic carbocycles. The summed E-state index contributed by atoms with van der Waals surface area (Å²) < 4.78 is 15.2. The fraction of sp³-hybridized carbons (Fsp3) is 0.207. The maximum absolute atomic E-state index is 13.5. The van der Waals surface area contributed by atoms with Crippen LogP contribution < -0.4 is 11.1 Å². The summed E-state index contributed by atoms with van der Waals surface area (Å²) in [6, 6.07) is 17.2. The third-order valence-electron chi connectivity index (χ3n) is 7.07. The summed E-state index contributed by atoms with van der Waals surface area (Å²) in [6.07, 6.45) is 8.63. The predicted molar refractivity (Wildman–Crippen MR) is 146 cm³/mol. The molecule has 9 nitrogen and oxygen atoms in total. The molecular weight excluding hydrogens is 493 g/mol. The van der Waals surface area contributed by atoms with Crippen molar-refractivity contribution >= 4 is 11.5 Å². The first-order chi connectivity index (χ1) is 19.1. The number of rotatable bonds is 6. The smallest absolute Gasteiger partial charge is 0.176 e. The van der Waals surface area contributed by atoms with Crippen molar-refractivity contribution in [1.82, 2.24) is 34.8 Å². The van der Waals surface area contributed by atoms with Gasteiger partial charge < -0.3 is 11.1 Å². The topological polar surface area (TPSA) is 121 Å². The van der Waals surface area contributed by atoms with E-state index in [2.05, 4.69) is 50.6 Å². The number of anilines is 1. The van der Waals surface area contributed by atoms with Gasteiger partial charge in [0, 0.05) is 43.6 Å². The Bertz CT molecular complexity index is 1650. The number of likely N-dealkylation sites (tertiary alicyclic amines) is 1. The average molecular weight is 520 g/mol. The fourth-order valence-corrected chi connectivity index (χ4v) is 5.03. The number of pyridine rings is 2. The van der Waals surface area contributed by atoms with Crippen LogP contribution in [0.15, 0.2) is 73.2 Å². The molecule has 0 spiro atoms. The van der Waals surface area contributed by atoms with Crippen LogP contribution in [0, 0.1) is 17.3 Å². The highest BCUT2D eigenvalue weighted by Crippen LogP contribution is 2.37. The van der Waals surface area contributed by atoms with Gasteiger partial charge in [0.05, 0.1) is 23.1 Å². The van der Waals surface area contributed by atoms with Crippen molar-refractivity contribution < 1.29 is 4.39 Å². The molecule has 1 fully saturated rings. The summed E-state index contributed by atoms with van der Waals surface area (Å²) >= 11 is 0. The van der Waals surface area contributed by atoms with E-state index in [9.17, 15) is 4.39 Å². The molecule has 0 unspecified atom stereocenters. The minimum atomic E-state index is -0.400. The Morgan fingerprint density at radius 1 is 1.03 bits per heavy atom. The van der Waals surface area contributed by atoms with Crippen LogP contribution in [-0.2, 0) is 6.54 Å². The van der Waals surface area contributed by atoms with Crippen LogP contribution >= 0.6 is 0 Å². The van der Waals surface area contributed by atoms with Gasteiger partial charge in [0.1, 0.15) is 17.3 Å². The zero-order chi connectivity index (χ0) is 26.8. The number of hydrogen-bond acceptors (Lipinski definition) is 8. The minimum Gasteiger partial charge on any atom is -0.383 e. The minimum absolute atomic E-state index is 0.269. The molecule has 39 heavy (non-hydrogen) atoms. The lowest BCUT2D eigenvalue weighted by Gasteiger charge is -2.31. The first-order valence-electron chi connectivity index (χ1n) is 12.8. The van der Waals surface area contributed by atoms with Crippen molar-refractivity contribution in [2.45, 2.75) is 25.4 Å². The zero-order valence-corrected chi connectivity index (χ0v) is 21.1. The molecule has 5 aromatic rings. The Morgan fingerprint density at radius 3 is 2.56 bits per heavy atom. The summed E-state index contributed by atoms with van der Waals surface area (Å²) in [5.41, 5.74) is 12.4. The van der Waals surface area contributed by atoms with Crippen LogP contribution in [0.4, 0.5) is 10.2 Å². The fourth-order valence-electron chi connectivity index (χ4n) is 5.03. The van der Waals surface area contributed by atoms with E-state index in [1.54, 1.807) is 22.8 Å². The quantitative estimate of drug-likeness (QED) is 0.252. The molecule has 1 aliphatic rings. The lowest BCUT2D eigenvalue weighted by Crippen LogP contribution is -2.40. The number of aromatic nitrogens is 5. The second kappa shape index (κ2) is 10.5. The SMILES string of the molecule is N#CNC1CCN(Cc2ccc(-c3c(-c4cccnc4N)nn4ccc(-c5ccc(F)cn5)nc34)cc2)CC1. The van der Waals surface area contributed by atoms with Gasteiger partial charge in [-0.15, -0.1) is 0 Å². The monoisotopic (exact) mass is 519 g/mol. The second-order valence-electron chi connectivity index (χ2n) is 9.61. The third-order valence-corrected chi connectivity index (χ3v) is 7.07. The van der Waals surface area contributed by atoms with Crippen LogP contribution in [0.3, 0.4) is 0 Å². The van der Waals surface area contributed by atoms with Crippen molar-refractivity contribution in [3.05, 3.63) is 84.6 Å². The molecule has 5 heterocycles. The largest absolute Gasteiger partial charge is 0.383 e. The Morgan fingerprint density at radius 2 is 1.85 bits per heavy atom. The Kier molecular flexibility index (Phi) is 6.57. The van der Waals surface area contributed by atoms with Gasteiger partial charge in [-0.05, 0) is 54.3 Å². The van der Waals surface area contributed by atoms with Gasteiger partial charge in [-0.2, -0.15) is 10.4 Å². The molecule has 0 saturated carbocycles. The number of halogens is 1. The molecule has 0 amide bonds. The number of nitrogens with two attached hydrogens (primary N) is 1. The van der Waals surface area contributed by atoms with Gasteiger partial charge in [0.2, 0.25) is 0 Å². The lowest BCUT2D eigenvalue weighted by atomic mass is 9.99. The van der Waals surface area contributed by atoms with E-state index in [1.165, 1.54) is 17.8 Å². The van der Waals surface area contributed by atoms with E-state index in [4.69, 9.17) is 21.1 Å². The average Bonchev–Trinajstić information content (AvgIpc) is 3.34. The van der Waals surface area contributed by atoms with Crippen LogP contribution in [-0.4, -0.2) is 48.6 Å². The molecule has 0 radical (unpaired) electrons. The normalized spacial score (nSPS) is 14.4. The number of nitrogens with one attached hydrogen (secondary N) is 1. The standard InChI is InChI=1S/C29H26FN9/c30-21-7-8-24(34-16-21)25-11-15-39-29(36-25)26(27(37-39)23-2-1-12-33-28(23)32)20-5-3-19(4-6-20)17-38-13-9-22(10-14-38)35-18-31/h1-8,11-12,15-16,22,35H,9-10,13-14,17H2,(H2,32,33). The van der Waals surface area contributed by atoms with Crippen molar-refractivity contribution in [3.8, 4) is 40.0 Å². The van der Waals surface area contributed by atoms with Crippen LogP contribution in [0.25, 0.3) is 39.4 Å². The predicted octanol–water partition coefficient (Wildman–Crippen LogP) is 4.28. The summed E-state index contributed by atoms with van der Waals surface area (Å²) in [6.45, 7) is 2.74. The highest BCUT2D eigenvalue weighted by atomic mass is 19.1. The van der Waals surface area contributed by atoms with E-state index >= 15 is 0 Å². The molecule has 0 bridgehead atoms. The number of nitrogen functional groups attached to an aromatic ring is 1. The highest BCUT2D eigenvalue weighted by molar-refractivity contribution is 5.93. The number of benzene rings is 1. The van der Waals surface area contributed by atoms with Gasteiger partial charge in [0.15, 0.2) is 11.8 Å². The molecule has 1 aliphatic heterocycles. The molecule has 1 aromatic carbocycles. The van der Waals surface area contributed by atoms with Gasteiger partial charge in [0.25, 0.3) is 0 Å². The Hall–Kier alpha value is -4.88. The first-order valence-corrected chi connectivity index (χ1v) is 12.8. The molecule has 194 valence electrons. The molecule has 0 atom stereocenters. The van der Waals surface area contributed by atoms with E-state index in [-0.39, 0.29) is 6.04 Å². The number of nitriles is 1. The molecule has 4 aromatic heterocycles. The highest BCUT2D eigenvalue weighted by Gasteiger charge is 2.22. The lowest BCUT2D eigenvalue weighted by molar-refractivity contribution is 0.197. The first kappa shape index (κ1) is 24.5. The summed E-state index contributed by atoms with van der Waals surface area (Å²) in [4.78, 5) is 15.8. The van der Waals surface area contributed by atoms with Crippen molar-refractivity contribution in [1.29, 1.82) is 5.26 Å².